The Morgan fingerprint density at radius 1 is 0.444 bits per heavy atom. The molecule has 42 heteroatoms. The quantitative estimate of drug-likeness (QED) is 0.0234. The summed E-state index contributed by atoms with van der Waals surface area (Å²) < 4.78 is 0. The summed E-state index contributed by atoms with van der Waals surface area (Å²) in [6.07, 6.45) is -4.62. The van der Waals surface area contributed by atoms with E-state index in [0.717, 1.165) is 11.8 Å². The second-order valence-corrected chi connectivity index (χ2v) is 25.1. The summed E-state index contributed by atoms with van der Waals surface area (Å²) in [6.45, 7) is -3.09. The monoisotopic (exact) mass is 1550 g/mol. The fourth-order valence-corrected chi connectivity index (χ4v) is 10.8. The predicted octanol–water partition coefficient (Wildman–Crippen LogP) is -7.57. The van der Waals surface area contributed by atoms with Crippen LogP contribution in [0, 0.1) is 0 Å². The Hall–Kier alpha value is -11.7. The van der Waals surface area contributed by atoms with Gasteiger partial charge >= 0.3 is 23.9 Å². The maximum Gasteiger partial charge on any atom is 0.328 e. The number of benzene rings is 3. The van der Waals surface area contributed by atoms with Crippen molar-refractivity contribution in [3.63, 3.8) is 0 Å². The third kappa shape index (κ3) is 31.2. The molecule has 108 heavy (non-hydrogen) atoms. The van der Waals surface area contributed by atoms with Gasteiger partial charge in [-0.3, -0.25) is 81.5 Å². The van der Waals surface area contributed by atoms with E-state index in [1.807, 2.05) is 5.32 Å². The van der Waals surface area contributed by atoms with Crippen LogP contribution in [0.25, 0.3) is 0 Å². The zero-order chi connectivity index (χ0) is 80.3. The van der Waals surface area contributed by atoms with E-state index in [1.165, 1.54) is 36.4 Å². The van der Waals surface area contributed by atoms with Crippen molar-refractivity contribution in [2.45, 2.75) is 138 Å². The second-order valence-electron chi connectivity index (χ2n) is 24.4. The highest BCUT2D eigenvalue weighted by Crippen LogP contribution is 2.21. The normalized spacial score (nSPS) is 15.0. The van der Waals surface area contributed by atoms with Crippen LogP contribution in [0.4, 0.5) is 0 Å². The molecule has 588 valence electrons. The maximum absolute atomic E-state index is 14.6. The molecule has 14 amide bonds. The Balaban J connectivity index is 1.40. The van der Waals surface area contributed by atoms with Crippen molar-refractivity contribution in [2.24, 2.45) is 5.73 Å². The topological polar surface area (TPSA) is 635 Å². The van der Waals surface area contributed by atoms with Gasteiger partial charge in [-0.15, -0.1) is 0 Å². The second kappa shape index (κ2) is 45.0. The lowest BCUT2D eigenvalue weighted by Crippen LogP contribution is -2.60. The molecule has 0 bridgehead atoms. The third-order valence-electron chi connectivity index (χ3n) is 16.0. The van der Waals surface area contributed by atoms with E-state index in [0.29, 0.717) is 16.7 Å². The van der Waals surface area contributed by atoms with Crippen LogP contribution in [0.1, 0.15) is 68.6 Å². The van der Waals surface area contributed by atoms with Gasteiger partial charge in [0.2, 0.25) is 82.7 Å². The molecule has 0 aromatic heterocycles. The fraction of sp³-hybridized carbons (Fsp3) is 0.455. The number of rotatable bonds is 45. The van der Waals surface area contributed by atoms with Crippen LogP contribution in [0.3, 0.4) is 0 Å². The van der Waals surface area contributed by atoms with Gasteiger partial charge in [0, 0.05) is 43.7 Å². The Kier molecular flexibility index (Phi) is 37.0. The molecule has 4 rings (SSSR count). The number of thiol groups is 2. The number of hydrogen-bond acceptors (Lipinski definition) is 24. The van der Waals surface area contributed by atoms with Gasteiger partial charge in [-0.1, -0.05) is 54.6 Å². The number of carboxylic acid groups (broad SMARTS) is 4. The Morgan fingerprint density at radius 3 is 1.37 bits per heavy atom. The number of likely N-dealkylation sites (tertiary alicyclic amines) is 1. The Bertz CT molecular complexity index is 3730. The van der Waals surface area contributed by atoms with E-state index in [4.69, 9.17) is 15.9 Å². The SMILES string of the molecule is C[C@H](NC(=O)CNC(=O)[C@H](CCC(=O)O)NC(=O)[C@H](CCC(=O)O)NC(=O)[C@H](CC(=O)O)NC(=O)[C@@H]1CCCN1C(=O)[C@H](Cc1ccccc1)NC(=O)[C@H](CS)NC(=O)[C@@H](N)Cc1ccc(O)cc1)C(=O)N[C@@H](CS)C(=O)N[C@@H](Cc1ccc(O)cc1)C(=O)NCC(=O)NCC(=O)NCC(=O)N[C@@H](CO)C(=O)O. The number of amides is 14. The molecular formula is C66H87N15O25S2. The standard InChI is InChI=1S/C66H87N15O25S2/c1-33(56(95)79-46(31-107)62(101)76-42(23-36-11-15-38(84)16-12-36)59(98)70-27-50(86)68-26-49(85)69-28-52(88)73-45(30-82)66(105)106)72-51(87)29-71-58(97)40(17-19-53(89)90)74-60(99)41(18-20-54(91)92)75-61(100)43(25-55(93)94)77-64(103)48-8-5-21-81(48)65(104)44(24-34-6-3-2-4-7-34)78-63(102)47(32-108)80-57(96)39(67)22-35-9-13-37(83)14-10-35/h2-4,6-7,9-16,33,39-48,82-84,107-108H,5,8,17-32,67H2,1H3,(H,68,86)(H,69,85)(H,70,98)(H,71,97)(H,72,87)(H,73,88)(H,74,99)(H,75,100)(H,76,101)(H,77,103)(H,78,102)(H,79,95)(H,80,96)(H,89,90)(H,91,92)(H,93,94)(H,105,106)/t33-,39-,40-,41-,42-,43-,44-,45-,46-,47-,48-/m0/s1. The number of nitrogens with one attached hydrogen (secondary N) is 13. The van der Waals surface area contributed by atoms with Gasteiger partial charge in [0.05, 0.1) is 45.2 Å². The van der Waals surface area contributed by atoms with Gasteiger partial charge in [-0.2, -0.15) is 25.3 Å². The first-order valence-corrected chi connectivity index (χ1v) is 34.5. The third-order valence-corrected chi connectivity index (χ3v) is 16.7. The van der Waals surface area contributed by atoms with Crippen LogP contribution in [0.15, 0.2) is 78.9 Å². The van der Waals surface area contributed by atoms with Crippen LogP contribution < -0.4 is 74.9 Å². The predicted molar refractivity (Wildman–Crippen MR) is 380 cm³/mol. The van der Waals surface area contributed by atoms with Crippen molar-refractivity contribution in [3.05, 3.63) is 95.6 Å². The minimum Gasteiger partial charge on any atom is -0.508 e. The zero-order valence-electron chi connectivity index (χ0n) is 58.0. The number of aliphatic hydroxyl groups is 1. The average Bonchev–Trinajstić information content (AvgIpc) is 1.64. The van der Waals surface area contributed by atoms with Crippen molar-refractivity contribution in [1.82, 2.24) is 74.0 Å². The van der Waals surface area contributed by atoms with Crippen molar-refractivity contribution in [1.29, 1.82) is 0 Å². The summed E-state index contributed by atoms with van der Waals surface area (Å²) in [5.74, 6) is -21.6. The number of aliphatic carboxylic acids is 4. The van der Waals surface area contributed by atoms with Crippen LogP contribution in [-0.4, -0.2) is 265 Å². The molecule has 1 fully saturated rings. The number of aromatic hydroxyl groups is 2. The van der Waals surface area contributed by atoms with Crippen LogP contribution in [-0.2, 0) is 106 Å². The molecular weight excluding hydrogens is 1470 g/mol. The van der Waals surface area contributed by atoms with Crippen LogP contribution in [0.5, 0.6) is 11.5 Å². The first-order valence-electron chi connectivity index (χ1n) is 33.3. The van der Waals surface area contributed by atoms with E-state index in [1.54, 1.807) is 42.5 Å². The van der Waals surface area contributed by atoms with Gasteiger partial charge in [0.1, 0.15) is 71.9 Å². The first-order chi connectivity index (χ1) is 51.1. The highest BCUT2D eigenvalue weighted by atomic mass is 32.1. The van der Waals surface area contributed by atoms with Gasteiger partial charge in [0.25, 0.3) is 0 Å². The van der Waals surface area contributed by atoms with Gasteiger partial charge in [-0.05, 0) is 80.0 Å². The van der Waals surface area contributed by atoms with Gasteiger partial charge in [0.15, 0.2) is 0 Å². The van der Waals surface area contributed by atoms with Crippen molar-refractivity contribution in [3.8, 4) is 11.5 Å². The number of aliphatic hydroxyl groups excluding tert-OH is 1. The number of hydrogen-bond donors (Lipinski definition) is 23. The van der Waals surface area contributed by atoms with Crippen LogP contribution in [0.2, 0.25) is 0 Å². The number of phenolic OH excluding ortho intramolecular Hbond substituents is 2. The molecule has 0 spiro atoms. The molecule has 3 aromatic carbocycles. The average molecular weight is 1550 g/mol. The Morgan fingerprint density at radius 2 is 0.861 bits per heavy atom. The van der Waals surface area contributed by atoms with Crippen LogP contribution >= 0.6 is 25.3 Å². The van der Waals surface area contributed by atoms with E-state index in [9.17, 15) is 112 Å². The number of carbonyl (C=O) groups is 18. The summed E-state index contributed by atoms with van der Waals surface area (Å²) in [4.78, 5) is 236. The number of nitrogens with two attached hydrogens (primary N) is 1. The molecule has 22 N–H and O–H groups in total. The highest BCUT2D eigenvalue weighted by Gasteiger charge is 2.41. The van der Waals surface area contributed by atoms with E-state index in [-0.39, 0.29) is 55.9 Å². The lowest BCUT2D eigenvalue weighted by atomic mass is 10.0. The minimum atomic E-state index is -2.06. The molecule has 0 unspecified atom stereocenters. The Labute approximate surface area is 626 Å². The zero-order valence-corrected chi connectivity index (χ0v) is 59.8. The molecule has 0 aliphatic carbocycles. The molecule has 11 atom stereocenters. The molecule has 1 heterocycles. The summed E-state index contributed by atoms with van der Waals surface area (Å²) >= 11 is 8.37. The lowest BCUT2D eigenvalue weighted by Gasteiger charge is -2.31. The fourth-order valence-electron chi connectivity index (χ4n) is 10.2. The largest absolute Gasteiger partial charge is 0.508 e. The number of carbonyl (C=O) groups excluding carboxylic acids is 14. The molecule has 0 saturated carbocycles. The van der Waals surface area contributed by atoms with E-state index >= 15 is 0 Å². The number of phenols is 2. The first kappa shape index (κ1) is 88.7. The van der Waals surface area contributed by atoms with Gasteiger partial charge in [-0.25, -0.2) is 4.79 Å². The van der Waals surface area contributed by atoms with Gasteiger partial charge < -0.3 is 115 Å². The summed E-state index contributed by atoms with van der Waals surface area (Å²) in [6, 6.07) is 2.13. The highest BCUT2D eigenvalue weighted by molar-refractivity contribution is 7.80. The van der Waals surface area contributed by atoms with Crippen molar-refractivity contribution < 1.29 is 122 Å². The molecule has 0 radical (unpaired) electrons. The van der Waals surface area contributed by atoms with Crippen molar-refractivity contribution in [2.75, 3.05) is 50.8 Å². The smallest absolute Gasteiger partial charge is 0.328 e. The molecule has 40 nitrogen and oxygen atoms in total. The van der Waals surface area contributed by atoms with E-state index < -0.39 is 244 Å². The molecule has 1 aliphatic rings. The molecule has 1 aliphatic heterocycles. The lowest BCUT2D eigenvalue weighted by molar-refractivity contribution is -0.144. The van der Waals surface area contributed by atoms with Crippen molar-refractivity contribution >= 4 is 132 Å². The number of carboxylic acids is 4. The number of nitrogens with zero attached hydrogens (tertiary/aromatic N) is 1. The maximum atomic E-state index is 14.6. The molecule has 3 aromatic rings. The minimum absolute atomic E-state index is 0.0165. The van der Waals surface area contributed by atoms with E-state index in [2.05, 4.69) is 89.1 Å². The molecule has 1 saturated heterocycles. The summed E-state index contributed by atoms with van der Waals surface area (Å²) in [5.41, 5.74) is 7.66. The summed E-state index contributed by atoms with van der Waals surface area (Å²) in [5, 5.41) is 95.9. The summed E-state index contributed by atoms with van der Waals surface area (Å²) in [7, 11) is 0.